The zero-order valence-corrected chi connectivity index (χ0v) is 14.2. The smallest absolute Gasteiger partial charge is 0.273 e. The van der Waals surface area contributed by atoms with E-state index in [-0.39, 0.29) is 22.3 Å². The van der Waals surface area contributed by atoms with Crippen LogP contribution in [0.2, 0.25) is 0 Å². The Morgan fingerprint density at radius 2 is 1.80 bits per heavy atom. The van der Waals surface area contributed by atoms with Crippen LogP contribution in [0, 0.1) is 11.6 Å². The molecule has 2 heterocycles. The zero-order valence-electron chi connectivity index (χ0n) is 13.4. The van der Waals surface area contributed by atoms with Crippen molar-refractivity contribution in [3.63, 3.8) is 0 Å². The molecule has 0 saturated carbocycles. The number of benzene rings is 1. The molecule has 3 rings (SSSR count). The number of amides is 2. The van der Waals surface area contributed by atoms with Crippen LogP contribution in [0.3, 0.4) is 0 Å². The second-order valence-electron chi connectivity index (χ2n) is 5.83. The first-order valence-electron chi connectivity index (χ1n) is 8.06. The van der Waals surface area contributed by atoms with Gasteiger partial charge in [0.05, 0.1) is 0 Å². The van der Waals surface area contributed by atoms with Gasteiger partial charge in [0.1, 0.15) is 5.69 Å². The largest absolute Gasteiger partial charge is 0.337 e. The number of rotatable bonds is 3. The molecule has 0 bridgehead atoms. The number of carbonyl (C=O) groups excluding carboxylic acids is 2. The van der Waals surface area contributed by atoms with Crippen LogP contribution in [0.4, 0.5) is 13.9 Å². The molecule has 2 aromatic rings. The highest BCUT2D eigenvalue weighted by atomic mass is 32.1. The van der Waals surface area contributed by atoms with Crippen LogP contribution in [0.5, 0.6) is 0 Å². The molecule has 5 nitrogen and oxygen atoms in total. The van der Waals surface area contributed by atoms with Gasteiger partial charge < -0.3 is 4.90 Å². The van der Waals surface area contributed by atoms with Gasteiger partial charge in [-0.1, -0.05) is 12.8 Å². The lowest BCUT2D eigenvalue weighted by atomic mass is 10.2. The number of thiazole rings is 1. The van der Waals surface area contributed by atoms with Gasteiger partial charge in [-0.05, 0) is 31.0 Å². The Balaban J connectivity index is 1.67. The van der Waals surface area contributed by atoms with Crippen LogP contribution >= 0.6 is 11.3 Å². The average molecular weight is 365 g/mol. The third-order valence-corrected chi connectivity index (χ3v) is 4.78. The highest BCUT2D eigenvalue weighted by Crippen LogP contribution is 2.20. The molecule has 25 heavy (non-hydrogen) atoms. The molecule has 1 N–H and O–H groups in total. The predicted molar refractivity (Wildman–Crippen MR) is 90.8 cm³/mol. The Kier molecular flexibility index (Phi) is 5.37. The number of hydrogen-bond donors (Lipinski definition) is 1. The van der Waals surface area contributed by atoms with E-state index in [1.807, 2.05) is 0 Å². The normalized spacial score (nSPS) is 14.9. The van der Waals surface area contributed by atoms with E-state index in [9.17, 15) is 18.4 Å². The summed E-state index contributed by atoms with van der Waals surface area (Å²) in [5.74, 6) is -2.87. The van der Waals surface area contributed by atoms with Gasteiger partial charge in [-0.2, -0.15) is 0 Å². The summed E-state index contributed by atoms with van der Waals surface area (Å²) in [6.07, 6.45) is 4.21. The van der Waals surface area contributed by atoms with Crippen molar-refractivity contribution in [3.8, 4) is 0 Å². The number of anilines is 1. The molecule has 0 atom stereocenters. The molecule has 8 heteroatoms. The number of likely N-dealkylation sites (tertiary alicyclic amines) is 1. The fourth-order valence-corrected chi connectivity index (χ4v) is 3.35. The number of carbonyl (C=O) groups is 2. The number of aromatic nitrogens is 1. The molecule has 1 aromatic heterocycles. The summed E-state index contributed by atoms with van der Waals surface area (Å²) in [7, 11) is 0. The minimum absolute atomic E-state index is 0.0190. The number of nitrogens with one attached hydrogen (secondary N) is 1. The maximum Gasteiger partial charge on any atom is 0.273 e. The minimum atomic E-state index is -1.09. The van der Waals surface area contributed by atoms with Gasteiger partial charge in [0, 0.05) is 24.0 Å². The van der Waals surface area contributed by atoms with Gasteiger partial charge in [-0.3, -0.25) is 14.9 Å². The standard InChI is InChI=1S/C17H17F2N3O2S/c18-12-6-5-11(9-13(12)19)15(23)21-17-20-14(10-25-17)16(24)22-7-3-1-2-4-8-22/h5-6,9-10H,1-4,7-8H2,(H,20,21,23). The molecule has 0 spiro atoms. The lowest BCUT2D eigenvalue weighted by molar-refractivity contribution is 0.0756. The van der Waals surface area contributed by atoms with Crippen molar-refractivity contribution in [1.29, 1.82) is 0 Å². The molecule has 1 aliphatic rings. The third kappa shape index (κ3) is 4.19. The van der Waals surface area contributed by atoms with Gasteiger partial charge in [0.2, 0.25) is 0 Å². The minimum Gasteiger partial charge on any atom is -0.337 e. The van der Waals surface area contributed by atoms with E-state index in [4.69, 9.17) is 0 Å². The first-order valence-corrected chi connectivity index (χ1v) is 8.94. The predicted octanol–water partition coefficient (Wildman–Crippen LogP) is 3.69. The van der Waals surface area contributed by atoms with Crippen molar-refractivity contribution < 1.29 is 18.4 Å². The molecule has 1 saturated heterocycles. The fourth-order valence-electron chi connectivity index (χ4n) is 2.67. The van der Waals surface area contributed by atoms with Crippen molar-refractivity contribution in [2.24, 2.45) is 0 Å². The van der Waals surface area contributed by atoms with Crippen molar-refractivity contribution in [2.45, 2.75) is 25.7 Å². The van der Waals surface area contributed by atoms with Crippen LogP contribution in [0.15, 0.2) is 23.6 Å². The maximum absolute atomic E-state index is 13.2. The van der Waals surface area contributed by atoms with E-state index >= 15 is 0 Å². The molecular formula is C17H17F2N3O2S. The van der Waals surface area contributed by atoms with Gasteiger partial charge in [0.15, 0.2) is 16.8 Å². The molecule has 1 aliphatic heterocycles. The maximum atomic E-state index is 13.2. The summed E-state index contributed by atoms with van der Waals surface area (Å²) < 4.78 is 26.1. The summed E-state index contributed by atoms with van der Waals surface area (Å²) in [5, 5.41) is 4.34. The fraction of sp³-hybridized carbons (Fsp3) is 0.353. The van der Waals surface area contributed by atoms with Crippen molar-refractivity contribution in [3.05, 3.63) is 46.5 Å². The van der Waals surface area contributed by atoms with Crippen LogP contribution < -0.4 is 5.32 Å². The highest BCUT2D eigenvalue weighted by Gasteiger charge is 2.20. The van der Waals surface area contributed by atoms with E-state index in [1.165, 1.54) is 6.07 Å². The van der Waals surface area contributed by atoms with Crippen molar-refractivity contribution in [1.82, 2.24) is 9.88 Å². The second-order valence-corrected chi connectivity index (χ2v) is 6.69. The molecular weight excluding hydrogens is 348 g/mol. The quantitative estimate of drug-likeness (QED) is 0.902. The molecule has 1 aromatic carbocycles. The number of halogens is 2. The Morgan fingerprint density at radius 3 is 2.48 bits per heavy atom. The van der Waals surface area contributed by atoms with Gasteiger partial charge in [-0.25, -0.2) is 13.8 Å². The van der Waals surface area contributed by atoms with E-state index < -0.39 is 17.5 Å². The lowest BCUT2D eigenvalue weighted by Gasteiger charge is -2.18. The first-order chi connectivity index (χ1) is 12.0. The van der Waals surface area contributed by atoms with Crippen LogP contribution in [-0.4, -0.2) is 34.8 Å². The van der Waals surface area contributed by atoms with Gasteiger partial charge in [-0.15, -0.1) is 11.3 Å². The van der Waals surface area contributed by atoms with Crippen LogP contribution in [0.25, 0.3) is 0 Å². The topological polar surface area (TPSA) is 62.3 Å². The SMILES string of the molecule is O=C(Nc1nc(C(=O)N2CCCCCC2)cs1)c1ccc(F)c(F)c1. The molecule has 1 fully saturated rings. The molecule has 0 unspecified atom stereocenters. The summed E-state index contributed by atoms with van der Waals surface area (Å²) in [6.45, 7) is 1.43. The zero-order chi connectivity index (χ0) is 17.8. The first kappa shape index (κ1) is 17.5. The lowest BCUT2D eigenvalue weighted by Crippen LogP contribution is -2.32. The monoisotopic (exact) mass is 365 g/mol. The Bertz CT molecular complexity index is 786. The summed E-state index contributed by atoms with van der Waals surface area (Å²) in [4.78, 5) is 30.5. The van der Waals surface area contributed by atoms with E-state index in [0.717, 1.165) is 49.2 Å². The summed E-state index contributed by atoms with van der Waals surface area (Å²) in [5.41, 5.74) is 0.266. The average Bonchev–Trinajstić information content (AvgIpc) is 2.89. The second kappa shape index (κ2) is 7.69. The molecule has 0 radical (unpaired) electrons. The van der Waals surface area contributed by atoms with Crippen molar-refractivity contribution in [2.75, 3.05) is 18.4 Å². The Labute approximate surface area is 147 Å². The number of hydrogen-bond acceptors (Lipinski definition) is 4. The Hall–Kier alpha value is -2.35. The molecule has 132 valence electrons. The third-order valence-electron chi connectivity index (χ3n) is 4.02. The van der Waals surface area contributed by atoms with Crippen molar-refractivity contribution >= 4 is 28.3 Å². The molecule has 2 amide bonds. The van der Waals surface area contributed by atoms with E-state index in [0.29, 0.717) is 13.1 Å². The highest BCUT2D eigenvalue weighted by molar-refractivity contribution is 7.14. The van der Waals surface area contributed by atoms with E-state index in [2.05, 4.69) is 10.3 Å². The van der Waals surface area contributed by atoms with Crippen LogP contribution in [-0.2, 0) is 0 Å². The molecule has 0 aliphatic carbocycles. The summed E-state index contributed by atoms with van der Waals surface area (Å²) >= 11 is 1.12. The van der Waals surface area contributed by atoms with E-state index in [1.54, 1.807) is 10.3 Å². The Morgan fingerprint density at radius 1 is 1.08 bits per heavy atom. The van der Waals surface area contributed by atoms with Gasteiger partial charge in [0.25, 0.3) is 11.8 Å². The summed E-state index contributed by atoms with van der Waals surface area (Å²) in [6, 6.07) is 2.90. The number of nitrogens with zero attached hydrogens (tertiary/aromatic N) is 2. The van der Waals surface area contributed by atoms with Crippen LogP contribution in [0.1, 0.15) is 46.5 Å². The van der Waals surface area contributed by atoms with Gasteiger partial charge >= 0.3 is 0 Å².